The van der Waals surface area contributed by atoms with Crippen molar-refractivity contribution in [3.8, 4) is 0 Å². The summed E-state index contributed by atoms with van der Waals surface area (Å²) in [7, 11) is 0. The molecule has 0 aromatic carbocycles. The van der Waals surface area contributed by atoms with E-state index in [9.17, 15) is 13.2 Å². The van der Waals surface area contributed by atoms with E-state index in [1.165, 1.54) is 13.8 Å². The molecule has 15 heavy (non-hydrogen) atoms. The van der Waals surface area contributed by atoms with Crippen LogP contribution in [0, 0.1) is 10.8 Å². The van der Waals surface area contributed by atoms with Crippen molar-refractivity contribution in [1.29, 1.82) is 0 Å². The summed E-state index contributed by atoms with van der Waals surface area (Å²) >= 11 is 0. The van der Waals surface area contributed by atoms with Crippen LogP contribution in [-0.2, 0) is 0 Å². The van der Waals surface area contributed by atoms with Crippen LogP contribution >= 0.6 is 0 Å². The van der Waals surface area contributed by atoms with Gasteiger partial charge in [0.25, 0.3) is 5.92 Å². The molecule has 0 N–H and O–H groups in total. The van der Waals surface area contributed by atoms with E-state index in [2.05, 4.69) is 0 Å². The van der Waals surface area contributed by atoms with Gasteiger partial charge < -0.3 is 0 Å². The van der Waals surface area contributed by atoms with Crippen LogP contribution in [0.15, 0.2) is 0 Å². The number of alkyl halides is 3. The first-order valence-corrected chi connectivity index (χ1v) is 5.54. The van der Waals surface area contributed by atoms with Crippen LogP contribution in [0.3, 0.4) is 0 Å². The predicted molar refractivity (Wildman–Crippen MR) is 58.0 cm³/mol. The molecule has 0 aliphatic rings. The summed E-state index contributed by atoms with van der Waals surface area (Å²) in [5, 5.41) is 0. The summed E-state index contributed by atoms with van der Waals surface area (Å²) in [6.07, 6.45) is -1.42. The van der Waals surface area contributed by atoms with Crippen molar-refractivity contribution in [2.45, 2.75) is 66.5 Å². The number of halogens is 3. The Morgan fingerprint density at radius 2 is 1.33 bits per heavy atom. The third-order valence-corrected chi connectivity index (χ3v) is 3.70. The summed E-state index contributed by atoms with van der Waals surface area (Å²) in [6.45, 7) is 9.35. The largest absolute Gasteiger partial charge is 0.284 e. The lowest BCUT2D eigenvalue weighted by Gasteiger charge is -2.41. The van der Waals surface area contributed by atoms with Crippen LogP contribution in [0.25, 0.3) is 0 Å². The summed E-state index contributed by atoms with van der Waals surface area (Å²) in [6, 6.07) is 0. The van der Waals surface area contributed by atoms with Crippen LogP contribution in [-0.4, -0.2) is 12.1 Å². The van der Waals surface area contributed by atoms with Crippen LogP contribution in [0.5, 0.6) is 0 Å². The molecule has 0 fully saturated rings. The molecule has 0 heterocycles. The normalized spacial score (nSPS) is 16.6. The molecule has 0 bridgehead atoms. The van der Waals surface area contributed by atoms with Gasteiger partial charge >= 0.3 is 0 Å². The van der Waals surface area contributed by atoms with Gasteiger partial charge in [-0.1, -0.05) is 41.5 Å². The van der Waals surface area contributed by atoms with Gasteiger partial charge in [0.05, 0.1) is 0 Å². The van der Waals surface area contributed by atoms with E-state index in [0.29, 0.717) is 6.42 Å². The molecule has 0 saturated carbocycles. The van der Waals surface area contributed by atoms with E-state index in [-0.39, 0.29) is 6.42 Å². The molecule has 92 valence electrons. The van der Waals surface area contributed by atoms with E-state index in [0.717, 1.165) is 0 Å². The highest BCUT2D eigenvalue weighted by Crippen LogP contribution is 2.48. The smallest absolute Gasteiger partial charge is 0.240 e. The molecule has 0 aromatic rings. The molecule has 0 rings (SSSR count). The van der Waals surface area contributed by atoms with Gasteiger partial charge in [0, 0.05) is 10.8 Å². The molecule has 1 atom stereocenters. The van der Waals surface area contributed by atoms with E-state index in [4.69, 9.17) is 0 Å². The molecule has 0 saturated heterocycles. The number of hydrogen-bond acceptors (Lipinski definition) is 0. The zero-order chi connectivity index (χ0) is 12.5. The van der Waals surface area contributed by atoms with Gasteiger partial charge in [0.1, 0.15) is 0 Å². The minimum atomic E-state index is -3.28. The Morgan fingerprint density at radius 3 is 1.60 bits per heavy atom. The molecule has 0 aromatic heterocycles. The molecule has 0 aliphatic heterocycles. The summed E-state index contributed by atoms with van der Waals surface area (Å²) < 4.78 is 41.7. The van der Waals surface area contributed by atoms with Crippen molar-refractivity contribution in [2.75, 3.05) is 0 Å². The zero-order valence-electron chi connectivity index (χ0n) is 10.6. The van der Waals surface area contributed by atoms with Crippen LogP contribution in [0.4, 0.5) is 13.2 Å². The third-order valence-electron chi connectivity index (χ3n) is 3.70. The molecule has 0 aliphatic carbocycles. The van der Waals surface area contributed by atoms with Crippen molar-refractivity contribution in [1.82, 2.24) is 0 Å². The Hall–Kier alpha value is -0.210. The highest BCUT2D eigenvalue weighted by molar-refractivity contribution is 4.96. The van der Waals surface area contributed by atoms with Gasteiger partial charge in [0.15, 0.2) is 6.17 Å². The van der Waals surface area contributed by atoms with Gasteiger partial charge in [-0.2, -0.15) is 0 Å². The van der Waals surface area contributed by atoms with Crippen molar-refractivity contribution in [2.24, 2.45) is 10.8 Å². The van der Waals surface area contributed by atoms with Crippen LogP contribution in [0.1, 0.15) is 54.4 Å². The van der Waals surface area contributed by atoms with E-state index >= 15 is 0 Å². The highest BCUT2D eigenvalue weighted by atomic mass is 19.3. The lowest BCUT2D eigenvalue weighted by atomic mass is 9.72. The van der Waals surface area contributed by atoms with Crippen LogP contribution in [0.2, 0.25) is 0 Å². The second-order valence-corrected chi connectivity index (χ2v) is 5.57. The Labute approximate surface area is 91.3 Å². The van der Waals surface area contributed by atoms with Gasteiger partial charge in [-0.15, -0.1) is 0 Å². The standard InChI is InChI=1S/C12H23F3/c1-7-10(3,4)9(13)12(14,15)11(5,6)8-2/h9H,7-8H2,1-6H3. The van der Waals surface area contributed by atoms with Crippen molar-refractivity contribution in [3.63, 3.8) is 0 Å². The minimum absolute atomic E-state index is 0.264. The molecule has 0 nitrogen and oxygen atoms in total. The first-order chi connectivity index (χ1) is 6.53. The average molecular weight is 224 g/mol. The Bertz CT molecular complexity index is 207. The topological polar surface area (TPSA) is 0 Å². The van der Waals surface area contributed by atoms with Crippen molar-refractivity contribution >= 4 is 0 Å². The van der Waals surface area contributed by atoms with Gasteiger partial charge in [-0.3, -0.25) is 0 Å². The fraction of sp³-hybridized carbons (Fsp3) is 1.00. The monoisotopic (exact) mass is 224 g/mol. The maximum atomic E-state index is 13.9. The Kier molecular flexibility index (Phi) is 4.28. The summed E-state index contributed by atoms with van der Waals surface area (Å²) in [5.41, 5.74) is -2.27. The molecule has 0 radical (unpaired) electrons. The second-order valence-electron chi connectivity index (χ2n) is 5.57. The minimum Gasteiger partial charge on any atom is -0.240 e. The number of hydrogen-bond donors (Lipinski definition) is 0. The van der Waals surface area contributed by atoms with Gasteiger partial charge in [-0.05, 0) is 12.8 Å². The van der Waals surface area contributed by atoms with E-state index in [1.807, 2.05) is 0 Å². The second kappa shape index (κ2) is 4.34. The quantitative estimate of drug-likeness (QED) is 0.627. The number of rotatable bonds is 5. The molecular formula is C12H23F3. The molecule has 3 heteroatoms. The molecule has 1 unspecified atom stereocenters. The fourth-order valence-corrected chi connectivity index (χ4v) is 1.25. The predicted octanol–water partition coefficient (Wildman–Crippen LogP) is 4.83. The summed E-state index contributed by atoms with van der Waals surface area (Å²) in [4.78, 5) is 0. The maximum absolute atomic E-state index is 13.9. The third kappa shape index (κ3) is 2.67. The van der Waals surface area contributed by atoms with Gasteiger partial charge in [0.2, 0.25) is 0 Å². The fourth-order valence-electron chi connectivity index (χ4n) is 1.25. The van der Waals surface area contributed by atoms with Crippen molar-refractivity contribution < 1.29 is 13.2 Å². The lowest BCUT2D eigenvalue weighted by molar-refractivity contribution is -0.187. The first-order valence-electron chi connectivity index (χ1n) is 5.54. The molecule has 0 spiro atoms. The summed E-state index contributed by atoms with van der Waals surface area (Å²) in [5.74, 6) is -3.28. The van der Waals surface area contributed by atoms with Crippen LogP contribution < -0.4 is 0 Å². The van der Waals surface area contributed by atoms with Gasteiger partial charge in [-0.25, -0.2) is 13.2 Å². The van der Waals surface area contributed by atoms with E-state index < -0.39 is 22.9 Å². The first kappa shape index (κ1) is 14.8. The molecule has 0 amide bonds. The lowest BCUT2D eigenvalue weighted by Crippen LogP contribution is -2.50. The Morgan fingerprint density at radius 1 is 0.933 bits per heavy atom. The van der Waals surface area contributed by atoms with Crippen molar-refractivity contribution in [3.05, 3.63) is 0 Å². The SMILES string of the molecule is CCC(C)(C)C(F)C(F)(F)C(C)(C)CC. The maximum Gasteiger partial charge on any atom is 0.284 e. The average Bonchev–Trinajstić information content (AvgIpc) is 2.16. The van der Waals surface area contributed by atoms with E-state index in [1.54, 1.807) is 27.7 Å². The highest BCUT2D eigenvalue weighted by Gasteiger charge is 2.56. The molecular weight excluding hydrogens is 201 g/mol. The Balaban J connectivity index is 5.04. The zero-order valence-corrected chi connectivity index (χ0v) is 10.6.